The van der Waals surface area contributed by atoms with Crippen LogP contribution in [0.4, 0.5) is 0 Å². The summed E-state index contributed by atoms with van der Waals surface area (Å²) < 4.78 is 23.8. The average Bonchev–Trinajstić information content (AvgIpc) is 2.66. The van der Waals surface area contributed by atoms with E-state index in [9.17, 15) is 8.42 Å². The molecule has 0 heterocycles. The molecule has 60 valence electrons. The zero-order valence-electron chi connectivity index (χ0n) is 5.51. The van der Waals surface area contributed by atoms with Crippen molar-refractivity contribution in [3.63, 3.8) is 0 Å². The lowest BCUT2D eigenvalue weighted by molar-refractivity contribution is 0.582. The first-order chi connectivity index (χ1) is 4.64. The molecule has 1 saturated carbocycles. The van der Waals surface area contributed by atoms with E-state index in [1.165, 1.54) is 0 Å². The number of rotatable bonds is 4. The summed E-state index contributed by atoms with van der Waals surface area (Å²) in [4.78, 5) is 0. The largest absolute Gasteiger partial charge is 0.225 e. The van der Waals surface area contributed by atoms with Crippen molar-refractivity contribution in [2.24, 2.45) is 5.92 Å². The molecule has 1 fully saturated rings. The maximum absolute atomic E-state index is 10.7. The Hall–Kier alpha value is 0.200. The van der Waals surface area contributed by atoms with Crippen LogP contribution in [0.2, 0.25) is 0 Å². The van der Waals surface area contributed by atoms with Gasteiger partial charge in [0.25, 0.3) is 0 Å². The Bertz CT molecular complexity index is 198. The molecule has 0 aliphatic heterocycles. The molecule has 0 unspecified atom stereocenters. The number of alkyl halides is 1. The van der Waals surface area contributed by atoms with Crippen LogP contribution in [0.5, 0.6) is 0 Å². The van der Waals surface area contributed by atoms with E-state index in [2.05, 4.69) is 4.72 Å². The van der Waals surface area contributed by atoms with Crippen LogP contribution < -0.4 is 4.72 Å². The molecule has 0 bridgehead atoms. The van der Waals surface area contributed by atoms with Crippen LogP contribution in [0.1, 0.15) is 12.8 Å². The molecule has 0 atom stereocenters. The van der Waals surface area contributed by atoms with Gasteiger partial charge in [0, 0.05) is 6.54 Å². The van der Waals surface area contributed by atoms with Gasteiger partial charge in [-0.05, 0) is 18.8 Å². The molecule has 3 nitrogen and oxygen atoms in total. The van der Waals surface area contributed by atoms with Crippen molar-refractivity contribution in [3.8, 4) is 0 Å². The van der Waals surface area contributed by atoms with Crippen LogP contribution in [0.25, 0.3) is 0 Å². The smallest absolute Gasteiger partial charge is 0.214 e. The molecular formula is C5H10ClNO2S. The van der Waals surface area contributed by atoms with Gasteiger partial charge in [-0.1, -0.05) is 0 Å². The molecule has 0 aromatic carbocycles. The number of nitrogens with one attached hydrogen (secondary N) is 1. The minimum absolute atomic E-state index is 0.334. The topological polar surface area (TPSA) is 46.2 Å². The summed E-state index contributed by atoms with van der Waals surface area (Å²) in [5.74, 6) is 0.568. The maximum Gasteiger partial charge on any atom is 0.225 e. The van der Waals surface area contributed by atoms with Crippen molar-refractivity contribution in [3.05, 3.63) is 0 Å². The Kier molecular flexibility index (Phi) is 2.55. The van der Waals surface area contributed by atoms with Crippen molar-refractivity contribution >= 4 is 21.6 Å². The molecule has 1 aliphatic rings. The lowest BCUT2D eigenvalue weighted by atomic mass is 10.4. The van der Waals surface area contributed by atoms with Gasteiger partial charge in [-0.2, -0.15) is 0 Å². The Morgan fingerprint density at radius 1 is 1.50 bits per heavy atom. The summed E-state index contributed by atoms with van der Waals surface area (Å²) in [5, 5.41) is -0.334. The highest BCUT2D eigenvalue weighted by Crippen LogP contribution is 2.27. The van der Waals surface area contributed by atoms with E-state index in [1.807, 2.05) is 0 Å². The summed E-state index contributed by atoms with van der Waals surface area (Å²) in [6.07, 6.45) is 2.29. The van der Waals surface area contributed by atoms with E-state index < -0.39 is 10.0 Å². The summed E-state index contributed by atoms with van der Waals surface area (Å²) in [6, 6.07) is 0. The lowest BCUT2D eigenvalue weighted by Gasteiger charge is -1.99. The van der Waals surface area contributed by atoms with Crippen LogP contribution in [-0.4, -0.2) is 20.2 Å². The van der Waals surface area contributed by atoms with Crippen LogP contribution >= 0.6 is 11.6 Å². The predicted molar refractivity (Wildman–Crippen MR) is 40.4 cm³/mol. The van der Waals surface area contributed by atoms with E-state index in [0.717, 1.165) is 12.8 Å². The second-order valence-corrected chi connectivity index (χ2v) is 4.91. The minimum atomic E-state index is -3.16. The van der Waals surface area contributed by atoms with Crippen molar-refractivity contribution in [2.45, 2.75) is 12.8 Å². The molecular weight excluding hydrogens is 174 g/mol. The zero-order chi connectivity index (χ0) is 7.61. The molecule has 0 aromatic heterocycles. The van der Waals surface area contributed by atoms with Gasteiger partial charge in [0.05, 0.1) is 0 Å². The molecule has 1 N–H and O–H groups in total. The first-order valence-electron chi connectivity index (χ1n) is 3.17. The molecule has 0 radical (unpaired) electrons. The molecule has 0 aromatic rings. The normalized spacial score (nSPS) is 19.3. The third-order valence-electron chi connectivity index (χ3n) is 1.43. The van der Waals surface area contributed by atoms with Gasteiger partial charge in [0.15, 0.2) is 0 Å². The average molecular weight is 184 g/mol. The van der Waals surface area contributed by atoms with Crippen molar-refractivity contribution in [1.82, 2.24) is 4.72 Å². The maximum atomic E-state index is 10.7. The molecule has 1 aliphatic carbocycles. The zero-order valence-corrected chi connectivity index (χ0v) is 7.08. The molecule has 0 amide bonds. The standard InChI is InChI=1S/C5H10ClNO2S/c6-4-10(8,9)7-3-5-1-2-5/h5,7H,1-4H2. The molecule has 5 heteroatoms. The molecule has 1 rings (SSSR count). The fraction of sp³-hybridized carbons (Fsp3) is 1.00. The number of hydrogen-bond donors (Lipinski definition) is 1. The number of halogens is 1. The van der Waals surface area contributed by atoms with Crippen molar-refractivity contribution < 1.29 is 8.42 Å². The minimum Gasteiger partial charge on any atom is -0.214 e. The van der Waals surface area contributed by atoms with E-state index in [1.54, 1.807) is 0 Å². The van der Waals surface area contributed by atoms with Gasteiger partial charge < -0.3 is 0 Å². The summed E-state index contributed by atoms with van der Waals surface area (Å²) in [5.41, 5.74) is 0. The molecule has 0 spiro atoms. The summed E-state index contributed by atoms with van der Waals surface area (Å²) in [6.45, 7) is 0.565. The number of sulfonamides is 1. The first kappa shape index (κ1) is 8.30. The third-order valence-corrected chi connectivity index (χ3v) is 3.19. The molecule has 10 heavy (non-hydrogen) atoms. The highest BCUT2D eigenvalue weighted by molar-refractivity contribution is 7.90. The Balaban J connectivity index is 2.22. The lowest BCUT2D eigenvalue weighted by Crippen LogP contribution is -2.26. The highest BCUT2D eigenvalue weighted by Gasteiger charge is 2.22. The monoisotopic (exact) mass is 183 g/mol. The molecule has 0 saturated heterocycles. The Morgan fingerprint density at radius 2 is 2.10 bits per heavy atom. The van der Waals surface area contributed by atoms with E-state index >= 15 is 0 Å². The second-order valence-electron chi connectivity index (χ2n) is 2.52. The van der Waals surface area contributed by atoms with Crippen LogP contribution in [0.3, 0.4) is 0 Å². The fourth-order valence-corrected chi connectivity index (χ4v) is 1.40. The Labute approximate surface area is 65.8 Å². The number of hydrogen-bond acceptors (Lipinski definition) is 2. The van der Waals surface area contributed by atoms with Crippen LogP contribution in [-0.2, 0) is 10.0 Å². The van der Waals surface area contributed by atoms with E-state index in [0.29, 0.717) is 12.5 Å². The van der Waals surface area contributed by atoms with E-state index in [4.69, 9.17) is 11.6 Å². The van der Waals surface area contributed by atoms with Crippen LogP contribution in [0.15, 0.2) is 0 Å². The van der Waals surface area contributed by atoms with Gasteiger partial charge in [-0.3, -0.25) is 0 Å². The summed E-state index contributed by atoms with van der Waals surface area (Å²) in [7, 11) is -3.16. The van der Waals surface area contributed by atoms with Crippen molar-refractivity contribution in [1.29, 1.82) is 0 Å². The first-order valence-corrected chi connectivity index (χ1v) is 5.36. The van der Waals surface area contributed by atoms with Gasteiger partial charge in [0.2, 0.25) is 10.0 Å². The van der Waals surface area contributed by atoms with Gasteiger partial charge in [0.1, 0.15) is 5.21 Å². The second kappa shape index (κ2) is 3.07. The van der Waals surface area contributed by atoms with Crippen molar-refractivity contribution in [2.75, 3.05) is 11.8 Å². The van der Waals surface area contributed by atoms with Gasteiger partial charge in [-0.25, -0.2) is 13.1 Å². The van der Waals surface area contributed by atoms with Crippen LogP contribution in [0, 0.1) is 5.92 Å². The highest BCUT2D eigenvalue weighted by atomic mass is 35.5. The fourth-order valence-electron chi connectivity index (χ4n) is 0.605. The third kappa shape index (κ3) is 2.86. The SMILES string of the molecule is O=S(=O)(CCl)NCC1CC1. The van der Waals surface area contributed by atoms with E-state index in [-0.39, 0.29) is 5.21 Å². The summed E-state index contributed by atoms with van der Waals surface area (Å²) >= 11 is 5.15. The van der Waals surface area contributed by atoms with Gasteiger partial charge in [-0.15, -0.1) is 11.6 Å². The predicted octanol–water partition coefficient (Wildman–Crippen LogP) is 0.512. The Morgan fingerprint density at radius 3 is 2.50 bits per heavy atom. The quantitative estimate of drug-likeness (QED) is 0.646. The van der Waals surface area contributed by atoms with Gasteiger partial charge >= 0.3 is 0 Å².